The Kier molecular flexibility index (Phi) is 12.7. The zero-order valence-corrected chi connectivity index (χ0v) is 8.90. The van der Waals surface area contributed by atoms with Crippen LogP contribution in [0.3, 0.4) is 0 Å². The van der Waals surface area contributed by atoms with Crippen LogP contribution in [0, 0.1) is 11.3 Å². The monoisotopic (exact) mass is 213 g/mol. The Balaban J connectivity index is 0. The lowest BCUT2D eigenvalue weighted by atomic mass is 10.5. The van der Waals surface area contributed by atoms with Gasteiger partial charge in [0.05, 0.1) is 12.7 Å². The summed E-state index contributed by atoms with van der Waals surface area (Å²) in [4.78, 5) is 19.9. The van der Waals surface area contributed by atoms with Gasteiger partial charge in [0.2, 0.25) is 0 Å². The quantitative estimate of drug-likeness (QED) is 0.434. The molecular weight excluding hydrogens is 198 g/mol. The van der Waals surface area contributed by atoms with Gasteiger partial charge in [-0.2, -0.15) is 5.26 Å². The van der Waals surface area contributed by atoms with Gasteiger partial charge in [0, 0.05) is 18.6 Å². The summed E-state index contributed by atoms with van der Waals surface area (Å²) in [6, 6.07) is 1.69. The van der Waals surface area contributed by atoms with E-state index < -0.39 is 11.9 Å². The molecule has 0 rings (SSSR count). The molecule has 0 fully saturated rings. The highest BCUT2D eigenvalue weighted by molar-refractivity contribution is 5.82. The molecule has 5 nitrogen and oxygen atoms in total. The Morgan fingerprint density at radius 1 is 1.47 bits per heavy atom. The van der Waals surface area contributed by atoms with E-state index in [-0.39, 0.29) is 6.42 Å². The second-order valence-corrected chi connectivity index (χ2v) is 2.38. The van der Waals surface area contributed by atoms with Gasteiger partial charge in [0.25, 0.3) is 0 Å². The minimum atomic E-state index is -0.745. The van der Waals surface area contributed by atoms with Crippen molar-refractivity contribution in [1.82, 2.24) is 0 Å². The lowest BCUT2D eigenvalue weighted by Gasteiger charge is -1.95. The Labute approximate surface area is 89.0 Å². The molecule has 5 heteroatoms. The van der Waals surface area contributed by atoms with E-state index in [9.17, 15) is 9.59 Å². The zero-order valence-electron chi connectivity index (χ0n) is 8.90. The Morgan fingerprint density at radius 3 is 2.33 bits per heavy atom. The number of nitriles is 1. The number of nitrogens with zero attached hydrogens (tertiary/aromatic N) is 1. The lowest BCUT2D eigenvalue weighted by Crippen LogP contribution is -2.00. The molecule has 0 aliphatic rings. The van der Waals surface area contributed by atoms with Crippen LogP contribution in [0.25, 0.3) is 0 Å². The molecule has 1 N–H and O–H groups in total. The summed E-state index contributed by atoms with van der Waals surface area (Å²) in [6.07, 6.45) is 3.22. The molecule has 0 aromatic carbocycles. The molecule has 0 amide bonds. The molecule has 0 heterocycles. The van der Waals surface area contributed by atoms with Crippen LogP contribution in [0.4, 0.5) is 0 Å². The minimum absolute atomic E-state index is 0.222. The van der Waals surface area contributed by atoms with Crippen molar-refractivity contribution in [3.8, 4) is 6.07 Å². The number of carbonyl (C=O) groups is 2. The zero-order chi connectivity index (χ0) is 12.1. The van der Waals surface area contributed by atoms with Crippen LogP contribution in [0.2, 0.25) is 0 Å². The molecular formula is C10H15NO4. The topological polar surface area (TPSA) is 87.4 Å². The van der Waals surface area contributed by atoms with E-state index in [0.717, 1.165) is 18.6 Å². The van der Waals surface area contributed by atoms with Gasteiger partial charge < -0.3 is 9.84 Å². The smallest absolute Gasteiger partial charge is 0.331 e. The third-order valence-electron chi connectivity index (χ3n) is 1.04. The molecule has 0 aliphatic carbocycles. The van der Waals surface area contributed by atoms with Crippen LogP contribution in [0.15, 0.2) is 12.2 Å². The molecule has 0 spiro atoms. The van der Waals surface area contributed by atoms with E-state index >= 15 is 0 Å². The van der Waals surface area contributed by atoms with Crippen molar-refractivity contribution < 1.29 is 19.4 Å². The molecule has 0 aromatic rings. The van der Waals surface area contributed by atoms with Crippen LogP contribution < -0.4 is 0 Å². The van der Waals surface area contributed by atoms with E-state index in [2.05, 4.69) is 4.74 Å². The van der Waals surface area contributed by atoms with Gasteiger partial charge in [-0.15, -0.1) is 0 Å². The van der Waals surface area contributed by atoms with Crippen molar-refractivity contribution in [3.05, 3.63) is 12.2 Å². The number of esters is 1. The van der Waals surface area contributed by atoms with Gasteiger partial charge in [-0.3, -0.25) is 4.79 Å². The number of carboxylic acids is 1. The van der Waals surface area contributed by atoms with Gasteiger partial charge in [0.1, 0.15) is 0 Å². The third kappa shape index (κ3) is 18.9. The second-order valence-electron chi connectivity index (χ2n) is 2.38. The summed E-state index contributed by atoms with van der Waals surface area (Å²) >= 11 is 0. The number of carbonyl (C=O) groups excluding carboxylic acids is 1. The average molecular weight is 213 g/mol. The van der Waals surface area contributed by atoms with E-state index in [1.807, 2.05) is 6.92 Å². The molecule has 0 aromatic heterocycles. The first kappa shape index (κ1) is 15.6. The fourth-order valence-electron chi connectivity index (χ4n) is 0.356. The first-order chi connectivity index (χ1) is 7.08. The number of ether oxygens (including phenoxy) is 1. The summed E-state index contributed by atoms with van der Waals surface area (Å²) in [6.45, 7) is 3.91. The molecule has 0 aliphatic heterocycles. The standard InChI is InChI=1S/C7H9NO2.C3H6O2/c1-2-6-10-7(9)4-3-5-8;1-2-3(4)5/h3-4H,2,6H2,1H3;2H2,1H3,(H,4,5). The summed E-state index contributed by atoms with van der Waals surface area (Å²) in [5.41, 5.74) is 0. The first-order valence-corrected chi connectivity index (χ1v) is 4.53. The van der Waals surface area contributed by atoms with Crippen LogP contribution in [0.1, 0.15) is 26.7 Å². The molecule has 0 unspecified atom stereocenters. The largest absolute Gasteiger partial charge is 0.481 e. The molecule has 0 atom stereocenters. The summed E-state index contributed by atoms with van der Waals surface area (Å²) in [5, 5.41) is 15.7. The Morgan fingerprint density at radius 2 is 2.00 bits per heavy atom. The summed E-state index contributed by atoms with van der Waals surface area (Å²) < 4.78 is 4.62. The van der Waals surface area contributed by atoms with E-state index in [4.69, 9.17) is 10.4 Å². The van der Waals surface area contributed by atoms with Crippen molar-refractivity contribution in [2.24, 2.45) is 0 Å². The van der Waals surface area contributed by atoms with E-state index in [1.165, 1.54) is 0 Å². The van der Waals surface area contributed by atoms with E-state index in [0.29, 0.717) is 6.61 Å². The van der Waals surface area contributed by atoms with Gasteiger partial charge in [0.15, 0.2) is 0 Å². The highest BCUT2D eigenvalue weighted by Crippen LogP contribution is 1.83. The van der Waals surface area contributed by atoms with Crippen LogP contribution in [-0.2, 0) is 14.3 Å². The van der Waals surface area contributed by atoms with Crippen LogP contribution in [0.5, 0.6) is 0 Å². The minimum Gasteiger partial charge on any atom is -0.481 e. The maximum atomic E-state index is 10.5. The highest BCUT2D eigenvalue weighted by Gasteiger charge is 1.92. The SMILES string of the molecule is CCC(=O)O.CCCOC(=O)C=CC#N. The molecule has 15 heavy (non-hydrogen) atoms. The van der Waals surface area contributed by atoms with Gasteiger partial charge >= 0.3 is 11.9 Å². The number of carboxylic acid groups (broad SMARTS) is 1. The third-order valence-corrected chi connectivity index (χ3v) is 1.04. The molecule has 0 radical (unpaired) electrons. The number of hydrogen-bond donors (Lipinski definition) is 1. The normalized spacial score (nSPS) is 8.60. The first-order valence-electron chi connectivity index (χ1n) is 4.53. The van der Waals surface area contributed by atoms with Gasteiger partial charge in [-0.25, -0.2) is 4.79 Å². The van der Waals surface area contributed by atoms with Crippen molar-refractivity contribution in [2.75, 3.05) is 6.61 Å². The van der Waals surface area contributed by atoms with Crippen LogP contribution >= 0.6 is 0 Å². The highest BCUT2D eigenvalue weighted by atomic mass is 16.5. The van der Waals surface area contributed by atoms with Gasteiger partial charge in [-0.05, 0) is 6.42 Å². The maximum absolute atomic E-state index is 10.5. The fraction of sp³-hybridized carbons (Fsp3) is 0.500. The van der Waals surface area contributed by atoms with E-state index in [1.54, 1.807) is 13.0 Å². The number of hydrogen-bond acceptors (Lipinski definition) is 4. The molecule has 0 saturated carbocycles. The second kappa shape index (κ2) is 12.2. The predicted octanol–water partition coefficient (Wildman–Crippen LogP) is 1.50. The average Bonchev–Trinajstić information content (AvgIpc) is 2.24. The number of aliphatic carboxylic acids is 1. The summed E-state index contributed by atoms with van der Waals surface area (Å²) in [5.74, 6) is -1.20. The molecule has 0 saturated heterocycles. The maximum Gasteiger partial charge on any atom is 0.331 e. The van der Waals surface area contributed by atoms with Crippen molar-refractivity contribution >= 4 is 11.9 Å². The number of allylic oxidation sites excluding steroid dienone is 1. The fourth-order valence-corrected chi connectivity index (χ4v) is 0.356. The predicted molar refractivity (Wildman–Crippen MR) is 53.9 cm³/mol. The number of rotatable bonds is 4. The molecule has 0 bridgehead atoms. The van der Waals surface area contributed by atoms with Gasteiger partial charge in [-0.1, -0.05) is 13.8 Å². The van der Waals surface area contributed by atoms with Crippen molar-refractivity contribution in [3.63, 3.8) is 0 Å². The van der Waals surface area contributed by atoms with Crippen LogP contribution in [-0.4, -0.2) is 23.7 Å². The van der Waals surface area contributed by atoms with Crippen molar-refractivity contribution in [2.45, 2.75) is 26.7 Å². The molecule has 84 valence electrons. The lowest BCUT2D eigenvalue weighted by molar-refractivity contribution is -0.138. The summed E-state index contributed by atoms with van der Waals surface area (Å²) in [7, 11) is 0. The Bertz CT molecular complexity index is 253. The Hall–Kier alpha value is -1.83. The van der Waals surface area contributed by atoms with Crippen molar-refractivity contribution in [1.29, 1.82) is 5.26 Å².